The van der Waals surface area contributed by atoms with Gasteiger partial charge in [0.25, 0.3) is 0 Å². The van der Waals surface area contributed by atoms with E-state index in [2.05, 4.69) is 10.1 Å². The Morgan fingerprint density at radius 2 is 1.79 bits per heavy atom. The van der Waals surface area contributed by atoms with E-state index >= 15 is 0 Å². The van der Waals surface area contributed by atoms with Gasteiger partial charge in [0.2, 0.25) is 5.91 Å². The van der Waals surface area contributed by atoms with Crippen LogP contribution in [0.25, 0.3) is 0 Å². The second-order valence-corrected chi connectivity index (χ2v) is 4.28. The van der Waals surface area contributed by atoms with Gasteiger partial charge in [-0.3, -0.25) is 4.79 Å². The second-order valence-electron chi connectivity index (χ2n) is 4.28. The number of hydrogen-bond acceptors (Lipinski definition) is 2. The van der Waals surface area contributed by atoms with Crippen LogP contribution in [0.3, 0.4) is 0 Å². The van der Waals surface area contributed by atoms with Crippen molar-refractivity contribution in [3.63, 3.8) is 0 Å². The third-order valence-electron chi connectivity index (χ3n) is 2.86. The number of carbonyl (C=O) groups is 1. The molecule has 0 spiro atoms. The number of amides is 1. The van der Waals surface area contributed by atoms with Crippen LogP contribution in [0.5, 0.6) is 5.75 Å². The monoisotopic (exact) mass is 271 g/mol. The van der Waals surface area contributed by atoms with Crippen LogP contribution in [0, 0.1) is 0 Å². The molecule has 106 valence electrons. The molecular formula is C14H19F2NO2. The molecule has 0 aromatic heterocycles. The average Bonchev–Trinajstić information content (AvgIpc) is 2.37. The molecule has 0 saturated heterocycles. The maximum atomic E-state index is 12.0. The fourth-order valence-corrected chi connectivity index (χ4v) is 1.75. The molecule has 1 aromatic carbocycles. The lowest BCUT2D eigenvalue weighted by Crippen LogP contribution is -2.34. The lowest BCUT2D eigenvalue weighted by molar-refractivity contribution is -0.121. The van der Waals surface area contributed by atoms with Crippen molar-refractivity contribution in [2.24, 2.45) is 0 Å². The molecule has 0 aliphatic heterocycles. The molecule has 0 unspecified atom stereocenters. The summed E-state index contributed by atoms with van der Waals surface area (Å²) in [5.74, 6) is 0.0374. The van der Waals surface area contributed by atoms with E-state index in [1.807, 2.05) is 13.8 Å². The van der Waals surface area contributed by atoms with Gasteiger partial charge in [0.15, 0.2) is 0 Å². The highest BCUT2D eigenvalue weighted by molar-refractivity contribution is 5.78. The van der Waals surface area contributed by atoms with E-state index in [9.17, 15) is 13.6 Å². The molecule has 0 bridgehead atoms. The minimum Gasteiger partial charge on any atom is -0.435 e. The van der Waals surface area contributed by atoms with Crippen LogP contribution in [0.1, 0.15) is 32.3 Å². The molecular weight excluding hydrogens is 252 g/mol. The van der Waals surface area contributed by atoms with E-state index in [1.165, 1.54) is 12.1 Å². The fourth-order valence-electron chi connectivity index (χ4n) is 1.75. The van der Waals surface area contributed by atoms with E-state index in [1.54, 1.807) is 12.1 Å². The first kappa shape index (κ1) is 15.4. The molecule has 0 heterocycles. The topological polar surface area (TPSA) is 38.3 Å². The predicted molar refractivity (Wildman–Crippen MR) is 69.3 cm³/mol. The average molecular weight is 271 g/mol. The van der Waals surface area contributed by atoms with Crippen molar-refractivity contribution < 1.29 is 18.3 Å². The number of benzene rings is 1. The zero-order valence-electron chi connectivity index (χ0n) is 11.2. The molecule has 0 radical (unpaired) electrons. The zero-order chi connectivity index (χ0) is 14.3. The number of carbonyl (C=O) groups excluding carboxylic acids is 1. The lowest BCUT2D eigenvalue weighted by Gasteiger charge is -2.14. The molecule has 1 rings (SSSR count). The van der Waals surface area contributed by atoms with Gasteiger partial charge in [-0.15, -0.1) is 0 Å². The van der Waals surface area contributed by atoms with Crippen LogP contribution in [0.15, 0.2) is 24.3 Å². The molecule has 5 heteroatoms. The highest BCUT2D eigenvalue weighted by Crippen LogP contribution is 2.15. The molecule has 1 N–H and O–H groups in total. The van der Waals surface area contributed by atoms with Crippen LogP contribution < -0.4 is 10.1 Å². The summed E-state index contributed by atoms with van der Waals surface area (Å²) in [7, 11) is 0. The maximum absolute atomic E-state index is 12.0. The standard InChI is InChI=1S/C14H19F2NO2/c1-3-11(4-2)17-13(18)9-10-5-7-12(8-6-10)19-14(15)16/h5-8,11,14H,3-4,9H2,1-2H3,(H,17,18). The van der Waals surface area contributed by atoms with Gasteiger partial charge in [-0.2, -0.15) is 8.78 Å². The Labute approximate surface area is 112 Å². The third kappa shape index (κ3) is 5.68. The highest BCUT2D eigenvalue weighted by Gasteiger charge is 2.09. The number of nitrogens with one attached hydrogen (secondary N) is 1. The highest BCUT2D eigenvalue weighted by atomic mass is 19.3. The Bertz CT molecular complexity index is 389. The zero-order valence-corrected chi connectivity index (χ0v) is 11.2. The number of rotatable bonds is 7. The van der Waals surface area contributed by atoms with E-state index < -0.39 is 6.61 Å². The smallest absolute Gasteiger partial charge is 0.387 e. The van der Waals surface area contributed by atoms with E-state index in [0.29, 0.717) is 0 Å². The first-order valence-electron chi connectivity index (χ1n) is 6.38. The van der Waals surface area contributed by atoms with Crippen LogP contribution in [-0.2, 0) is 11.2 Å². The van der Waals surface area contributed by atoms with Crippen molar-refractivity contribution in [1.82, 2.24) is 5.32 Å². The minimum atomic E-state index is -2.83. The Hall–Kier alpha value is -1.65. The summed E-state index contributed by atoms with van der Waals surface area (Å²) in [4.78, 5) is 11.7. The normalized spacial score (nSPS) is 10.8. The van der Waals surface area contributed by atoms with Gasteiger partial charge >= 0.3 is 6.61 Å². The summed E-state index contributed by atoms with van der Waals surface area (Å²) in [5.41, 5.74) is 0.769. The quantitative estimate of drug-likeness (QED) is 0.827. The number of ether oxygens (including phenoxy) is 1. The lowest BCUT2D eigenvalue weighted by atomic mass is 10.1. The van der Waals surface area contributed by atoms with Crippen molar-refractivity contribution >= 4 is 5.91 Å². The summed E-state index contributed by atoms with van der Waals surface area (Å²) in [6.45, 7) is 1.21. The van der Waals surface area contributed by atoms with E-state index in [0.717, 1.165) is 18.4 Å². The summed E-state index contributed by atoms with van der Waals surface area (Å²) < 4.78 is 28.2. The molecule has 19 heavy (non-hydrogen) atoms. The maximum Gasteiger partial charge on any atom is 0.387 e. The Kier molecular flexibility index (Phi) is 6.25. The molecule has 3 nitrogen and oxygen atoms in total. The molecule has 1 amide bonds. The van der Waals surface area contributed by atoms with Crippen LogP contribution in [0.4, 0.5) is 8.78 Å². The van der Waals surface area contributed by atoms with Crippen molar-refractivity contribution in [3.05, 3.63) is 29.8 Å². The van der Waals surface area contributed by atoms with Gasteiger partial charge in [-0.05, 0) is 30.5 Å². The number of halogens is 2. The van der Waals surface area contributed by atoms with Gasteiger partial charge < -0.3 is 10.1 Å². The Balaban J connectivity index is 2.50. The minimum absolute atomic E-state index is 0.0590. The third-order valence-corrected chi connectivity index (χ3v) is 2.86. The summed E-state index contributed by atoms with van der Waals surface area (Å²) in [6, 6.07) is 6.29. The Morgan fingerprint density at radius 1 is 1.21 bits per heavy atom. The van der Waals surface area contributed by atoms with Crippen molar-refractivity contribution in [3.8, 4) is 5.75 Å². The predicted octanol–water partition coefficient (Wildman–Crippen LogP) is 3.14. The molecule has 0 aliphatic carbocycles. The Morgan fingerprint density at radius 3 is 2.26 bits per heavy atom. The summed E-state index contributed by atoms with van der Waals surface area (Å²) >= 11 is 0. The summed E-state index contributed by atoms with van der Waals surface area (Å²) in [6.07, 6.45) is 2.03. The van der Waals surface area contributed by atoms with Crippen LogP contribution >= 0.6 is 0 Å². The van der Waals surface area contributed by atoms with Gasteiger partial charge in [0.1, 0.15) is 5.75 Å². The van der Waals surface area contributed by atoms with E-state index in [-0.39, 0.29) is 24.1 Å². The SMILES string of the molecule is CCC(CC)NC(=O)Cc1ccc(OC(F)F)cc1. The van der Waals surface area contributed by atoms with Crippen LogP contribution in [-0.4, -0.2) is 18.6 Å². The van der Waals surface area contributed by atoms with Gasteiger partial charge in [0, 0.05) is 6.04 Å². The summed E-state index contributed by atoms with van der Waals surface area (Å²) in [5, 5.41) is 2.92. The van der Waals surface area contributed by atoms with Gasteiger partial charge in [0.05, 0.1) is 6.42 Å². The van der Waals surface area contributed by atoms with Crippen molar-refractivity contribution in [2.45, 2.75) is 45.8 Å². The fraction of sp³-hybridized carbons (Fsp3) is 0.500. The molecule has 0 aliphatic rings. The first-order chi connectivity index (χ1) is 9.05. The second kappa shape index (κ2) is 7.71. The van der Waals surface area contributed by atoms with Crippen molar-refractivity contribution in [1.29, 1.82) is 0 Å². The van der Waals surface area contributed by atoms with E-state index in [4.69, 9.17) is 0 Å². The van der Waals surface area contributed by atoms with Gasteiger partial charge in [-0.1, -0.05) is 26.0 Å². The molecule has 1 aromatic rings. The van der Waals surface area contributed by atoms with Crippen LogP contribution in [0.2, 0.25) is 0 Å². The molecule has 0 fully saturated rings. The van der Waals surface area contributed by atoms with Gasteiger partial charge in [-0.25, -0.2) is 0 Å². The largest absolute Gasteiger partial charge is 0.435 e. The number of hydrogen-bond donors (Lipinski definition) is 1. The molecule has 0 saturated carbocycles. The van der Waals surface area contributed by atoms with Crippen molar-refractivity contribution in [2.75, 3.05) is 0 Å². The number of alkyl halides is 2. The first-order valence-corrected chi connectivity index (χ1v) is 6.38. The molecule has 0 atom stereocenters.